The first kappa shape index (κ1) is 11.1. The van der Waals surface area contributed by atoms with E-state index >= 15 is 0 Å². The number of anilines is 2. The molecule has 0 aliphatic rings. The van der Waals surface area contributed by atoms with E-state index in [1.807, 2.05) is 6.07 Å². The van der Waals surface area contributed by atoms with E-state index in [4.69, 9.17) is 10.8 Å². The normalized spacial score (nSPS) is 10.1. The average Bonchev–Trinajstić information content (AvgIpc) is 2.17. The van der Waals surface area contributed by atoms with Crippen molar-refractivity contribution >= 4 is 23.5 Å². The van der Waals surface area contributed by atoms with Gasteiger partial charge in [0.15, 0.2) is 0 Å². The fourth-order valence-electron chi connectivity index (χ4n) is 0.886. The van der Waals surface area contributed by atoms with Crippen molar-refractivity contribution in [1.29, 1.82) is 0 Å². The molecule has 0 radical (unpaired) electrons. The maximum absolute atomic E-state index is 8.62. The first-order valence-electron chi connectivity index (χ1n) is 4.32. The van der Waals surface area contributed by atoms with Crippen LogP contribution in [0, 0.1) is 0 Å². The number of aliphatic hydroxyl groups excluding tert-OH is 1. The molecule has 0 fully saturated rings. The molecule has 1 heterocycles. The zero-order chi connectivity index (χ0) is 10.4. The average molecular weight is 214 g/mol. The van der Waals surface area contributed by atoms with E-state index in [1.54, 1.807) is 18.8 Å². The Bertz CT molecular complexity index is 295. The van der Waals surface area contributed by atoms with Crippen molar-refractivity contribution in [2.45, 2.75) is 11.4 Å². The number of thioether (sulfide) groups is 1. The van der Waals surface area contributed by atoms with Gasteiger partial charge in [-0.1, -0.05) is 0 Å². The summed E-state index contributed by atoms with van der Waals surface area (Å²) in [6.45, 7) is 0.201. The van der Waals surface area contributed by atoms with Crippen LogP contribution in [0.5, 0.6) is 0 Å². The van der Waals surface area contributed by atoms with Gasteiger partial charge >= 0.3 is 0 Å². The van der Waals surface area contributed by atoms with Crippen molar-refractivity contribution < 1.29 is 5.11 Å². The van der Waals surface area contributed by atoms with Gasteiger partial charge in [0.2, 0.25) is 5.95 Å². The summed E-state index contributed by atoms with van der Waals surface area (Å²) in [4.78, 5) is 8.04. The van der Waals surface area contributed by atoms with Crippen molar-refractivity contribution in [3.63, 3.8) is 0 Å². The molecule has 0 bridgehead atoms. The van der Waals surface area contributed by atoms with E-state index in [2.05, 4.69) is 15.3 Å². The van der Waals surface area contributed by atoms with Gasteiger partial charge in [0.25, 0.3) is 0 Å². The predicted molar refractivity (Wildman–Crippen MR) is 58.4 cm³/mol. The molecule has 0 aliphatic carbocycles. The highest BCUT2D eigenvalue weighted by molar-refractivity contribution is 7.99. The first-order chi connectivity index (χ1) is 6.76. The molecule has 0 spiro atoms. The predicted octanol–water partition coefficient (Wildman–Crippen LogP) is 0.575. The van der Waals surface area contributed by atoms with Crippen molar-refractivity contribution in [3.8, 4) is 0 Å². The topological polar surface area (TPSA) is 84.1 Å². The van der Waals surface area contributed by atoms with Gasteiger partial charge in [-0.15, -0.1) is 11.8 Å². The standard InChI is InChI=1S/C8H14N4OS/c1-10-6-5-7(12-8(9)11-6)14-4-2-3-13/h5,13H,2-4H2,1H3,(H3,9,10,11,12). The van der Waals surface area contributed by atoms with Crippen LogP contribution in [0.25, 0.3) is 0 Å². The maximum atomic E-state index is 8.62. The number of nitrogens with two attached hydrogens (primary N) is 1. The van der Waals surface area contributed by atoms with Crippen LogP contribution in [0.1, 0.15) is 6.42 Å². The molecule has 14 heavy (non-hydrogen) atoms. The Morgan fingerprint density at radius 3 is 3.00 bits per heavy atom. The van der Waals surface area contributed by atoms with Gasteiger partial charge in [-0.05, 0) is 6.42 Å². The molecule has 0 unspecified atom stereocenters. The summed E-state index contributed by atoms with van der Waals surface area (Å²) in [6.07, 6.45) is 0.753. The number of nitrogens with one attached hydrogen (secondary N) is 1. The van der Waals surface area contributed by atoms with Crippen LogP contribution in [0.3, 0.4) is 0 Å². The maximum Gasteiger partial charge on any atom is 0.223 e. The van der Waals surface area contributed by atoms with Gasteiger partial charge in [-0.2, -0.15) is 4.98 Å². The Labute approximate surface area is 87.1 Å². The summed E-state index contributed by atoms with van der Waals surface area (Å²) in [5.41, 5.74) is 5.51. The van der Waals surface area contributed by atoms with Gasteiger partial charge in [0.1, 0.15) is 10.8 Å². The summed E-state index contributed by atoms with van der Waals surface area (Å²) >= 11 is 1.56. The summed E-state index contributed by atoms with van der Waals surface area (Å²) < 4.78 is 0. The van der Waals surface area contributed by atoms with E-state index in [9.17, 15) is 0 Å². The first-order valence-corrected chi connectivity index (χ1v) is 5.31. The third-order valence-corrected chi connectivity index (χ3v) is 2.53. The highest BCUT2D eigenvalue weighted by atomic mass is 32.2. The minimum absolute atomic E-state index is 0.201. The quantitative estimate of drug-likeness (QED) is 0.377. The Morgan fingerprint density at radius 1 is 1.57 bits per heavy atom. The number of hydrogen-bond acceptors (Lipinski definition) is 6. The van der Waals surface area contributed by atoms with E-state index in [0.29, 0.717) is 5.82 Å². The van der Waals surface area contributed by atoms with Crippen LogP contribution < -0.4 is 11.1 Å². The molecule has 0 saturated carbocycles. The van der Waals surface area contributed by atoms with Gasteiger partial charge < -0.3 is 16.2 Å². The molecular formula is C8H14N4OS. The number of hydrogen-bond donors (Lipinski definition) is 3. The van der Waals surface area contributed by atoms with Crippen LogP contribution in [-0.2, 0) is 0 Å². The number of nitrogens with zero attached hydrogens (tertiary/aromatic N) is 2. The monoisotopic (exact) mass is 214 g/mol. The molecule has 1 rings (SSSR count). The van der Waals surface area contributed by atoms with Crippen molar-refractivity contribution in [2.24, 2.45) is 0 Å². The van der Waals surface area contributed by atoms with Crippen molar-refractivity contribution in [3.05, 3.63) is 6.07 Å². The molecule has 0 saturated heterocycles. The van der Waals surface area contributed by atoms with Crippen molar-refractivity contribution in [2.75, 3.05) is 30.5 Å². The lowest BCUT2D eigenvalue weighted by Crippen LogP contribution is -2.00. The fourth-order valence-corrected chi connectivity index (χ4v) is 1.72. The molecule has 4 N–H and O–H groups in total. The van der Waals surface area contributed by atoms with E-state index < -0.39 is 0 Å². The second-order valence-corrected chi connectivity index (χ2v) is 3.74. The van der Waals surface area contributed by atoms with E-state index in [1.165, 1.54) is 0 Å². The van der Waals surface area contributed by atoms with Crippen LogP contribution in [0.2, 0.25) is 0 Å². The van der Waals surface area contributed by atoms with Gasteiger partial charge in [0.05, 0.1) is 0 Å². The lowest BCUT2D eigenvalue weighted by atomic mass is 10.5. The summed E-state index contributed by atoms with van der Waals surface area (Å²) in [7, 11) is 1.78. The van der Waals surface area contributed by atoms with Gasteiger partial charge in [-0.3, -0.25) is 0 Å². The van der Waals surface area contributed by atoms with E-state index in [0.717, 1.165) is 17.2 Å². The number of nitrogen functional groups attached to an aromatic ring is 1. The molecular weight excluding hydrogens is 200 g/mol. The van der Waals surface area contributed by atoms with Crippen molar-refractivity contribution in [1.82, 2.24) is 9.97 Å². The fraction of sp³-hybridized carbons (Fsp3) is 0.500. The highest BCUT2D eigenvalue weighted by Crippen LogP contribution is 2.19. The molecule has 0 aliphatic heterocycles. The Kier molecular flexibility index (Phi) is 4.48. The molecule has 0 amide bonds. The molecule has 78 valence electrons. The Morgan fingerprint density at radius 2 is 2.36 bits per heavy atom. The minimum Gasteiger partial charge on any atom is -0.396 e. The molecule has 0 aromatic carbocycles. The number of aromatic nitrogens is 2. The van der Waals surface area contributed by atoms with Crippen LogP contribution in [0.4, 0.5) is 11.8 Å². The third kappa shape index (κ3) is 3.39. The van der Waals surface area contributed by atoms with Crippen LogP contribution in [0.15, 0.2) is 11.1 Å². The zero-order valence-corrected chi connectivity index (χ0v) is 8.84. The second kappa shape index (κ2) is 5.66. The molecule has 5 nitrogen and oxygen atoms in total. The van der Waals surface area contributed by atoms with Crippen LogP contribution >= 0.6 is 11.8 Å². The number of aliphatic hydroxyl groups is 1. The lowest BCUT2D eigenvalue weighted by molar-refractivity contribution is 0.296. The lowest BCUT2D eigenvalue weighted by Gasteiger charge is -2.04. The zero-order valence-electron chi connectivity index (χ0n) is 8.03. The summed E-state index contributed by atoms with van der Waals surface area (Å²) in [5.74, 6) is 1.81. The SMILES string of the molecule is CNc1cc(SCCCO)nc(N)n1. The second-order valence-electron chi connectivity index (χ2n) is 2.63. The molecule has 6 heteroatoms. The smallest absolute Gasteiger partial charge is 0.223 e. The number of rotatable bonds is 5. The highest BCUT2D eigenvalue weighted by Gasteiger charge is 2.01. The van der Waals surface area contributed by atoms with E-state index in [-0.39, 0.29) is 12.6 Å². The van der Waals surface area contributed by atoms with Gasteiger partial charge in [0, 0.05) is 25.5 Å². The summed E-state index contributed by atoms with van der Waals surface area (Å²) in [5, 5.41) is 12.4. The largest absolute Gasteiger partial charge is 0.396 e. The molecule has 1 aromatic heterocycles. The molecule has 0 atom stereocenters. The summed E-state index contributed by atoms with van der Waals surface area (Å²) in [6, 6.07) is 1.83. The molecule has 1 aromatic rings. The Balaban J connectivity index is 2.62. The third-order valence-electron chi connectivity index (χ3n) is 1.53. The van der Waals surface area contributed by atoms with Crippen LogP contribution in [-0.4, -0.2) is 34.5 Å². The Hall–Kier alpha value is -1.01. The minimum atomic E-state index is 0.201. The van der Waals surface area contributed by atoms with Gasteiger partial charge in [-0.25, -0.2) is 4.98 Å².